The summed E-state index contributed by atoms with van der Waals surface area (Å²) in [6.07, 6.45) is 6.46. The number of rotatable bonds is 2. The highest BCUT2D eigenvalue weighted by Gasteiger charge is 2.32. The van der Waals surface area contributed by atoms with E-state index >= 15 is 0 Å². The summed E-state index contributed by atoms with van der Waals surface area (Å²) in [4.78, 5) is 30.2. The van der Waals surface area contributed by atoms with Gasteiger partial charge in [0.1, 0.15) is 0 Å². The summed E-state index contributed by atoms with van der Waals surface area (Å²) < 4.78 is 0. The summed E-state index contributed by atoms with van der Waals surface area (Å²) in [7, 11) is 0. The van der Waals surface area contributed by atoms with E-state index < -0.39 is 0 Å². The van der Waals surface area contributed by atoms with Gasteiger partial charge in [0, 0.05) is 31.7 Å². The number of hydrogen-bond acceptors (Lipinski definition) is 2. The molecule has 2 aromatic rings. The Morgan fingerprint density at radius 1 is 0.778 bits per heavy atom. The lowest BCUT2D eigenvalue weighted by Gasteiger charge is -2.35. The zero-order chi connectivity index (χ0) is 18.6. The van der Waals surface area contributed by atoms with E-state index in [1.165, 1.54) is 12.8 Å². The second-order valence-corrected chi connectivity index (χ2v) is 7.86. The predicted octanol–water partition coefficient (Wildman–Crippen LogP) is 4.09. The van der Waals surface area contributed by atoms with E-state index in [0.29, 0.717) is 6.54 Å². The third-order valence-electron chi connectivity index (χ3n) is 6.00. The van der Waals surface area contributed by atoms with Crippen LogP contribution in [0.15, 0.2) is 42.5 Å². The molecule has 0 bridgehead atoms. The quantitative estimate of drug-likeness (QED) is 0.805. The van der Waals surface area contributed by atoms with Crippen LogP contribution in [-0.2, 0) is 4.79 Å². The average molecular weight is 364 g/mol. The second kappa shape index (κ2) is 8.12. The van der Waals surface area contributed by atoms with Crippen LogP contribution in [0.2, 0.25) is 0 Å². The molecular formula is C23H28N2O2. The molecule has 2 fully saturated rings. The van der Waals surface area contributed by atoms with Crippen molar-refractivity contribution in [3.63, 3.8) is 0 Å². The molecule has 2 heterocycles. The fourth-order valence-electron chi connectivity index (χ4n) is 4.49. The Morgan fingerprint density at radius 3 is 2.30 bits per heavy atom. The van der Waals surface area contributed by atoms with Gasteiger partial charge in [-0.3, -0.25) is 9.59 Å². The van der Waals surface area contributed by atoms with Gasteiger partial charge < -0.3 is 9.80 Å². The van der Waals surface area contributed by atoms with Gasteiger partial charge in [0.05, 0.1) is 5.92 Å². The van der Waals surface area contributed by atoms with Gasteiger partial charge in [-0.1, -0.05) is 49.2 Å². The first kappa shape index (κ1) is 18.0. The first-order chi connectivity index (χ1) is 13.2. The van der Waals surface area contributed by atoms with Crippen molar-refractivity contribution in [2.24, 2.45) is 5.92 Å². The van der Waals surface area contributed by atoms with Gasteiger partial charge in [-0.15, -0.1) is 0 Å². The summed E-state index contributed by atoms with van der Waals surface area (Å²) in [5, 5.41) is 2.07. The SMILES string of the molecule is O=C(c1cccc2ccccc12)N1CCCC(C(=O)N2CCCCCC2)C1. The highest BCUT2D eigenvalue weighted by atomic mass is 16.2. The minimum Gasteiger partial charge on any atom is -0.342 e. The van der Waals surface area contributed by atoms with Crippen LogP contribution < -0.4 is 0 Å². The molecule has 2 aromatic carbocycles. The van der Waals surface area contributed by atoms with Crippen molar-refractivity contribution >= 4 is 22.6 Å². The highest BCUT2D eigenvalue weighted by Crippen LogP contribution is 2.25. The minimum atomic E-state index is -0.0456. The van der Waals surface area contributed by atoms with Gasteiger partial charge in [0.15, 0.2) is 0 Å². The van der Waals surface area contributed by atoms with Crippen LogP contribution >= 0.6 is 0 Å². The maximum Gasteiger partial charge on any atom is 0.254 e. The first-order valence-corrected chi connectivity index (χ1v) is 10.3. The second-order valence-electron chi connectivity index (χ2n) is 7.86. The Bertz CT molecular complexity index is 819. The average Bonchev–Trinajstić information content (AvgIpc) is 3.02. The van der Waals surface area contributed by atoms with Crippen LogP contribution in [-0.4, -0.2) is 47.8 Å². The van der Waals surface area contributed by atoms with Crippen molar-refractivity contribution in [2.75, 3.05) is 26.2 Å². The molecule has 2 amide bonds. The molecule has 27 heavy (non-hydrogen) atoms. The fourth-order valence-corrected chi connectivity index (χ4v) is 4.49. The monoisotopic (exact) mass is 364 g/mol. The third kappa shape index (κ3) is 3.85. The number of piperidine rings is 1. The molecule has 142 valence electrons. The number of carbonyl (C=O) groups excluding carboxylic acids is 2. The van der Waals surface area contributed by atoms with Crippen LogP contribution in [0.25, 0.3) is 10.8 Å². The van der Waals surface area contributed by atoms with Crippen LogP contribution in [0.1, 0.15) is 48.9 Å². The van der Waals surface area contributed by atoms with E-state index in [9.17, 15) is 9.59 Å². The maximum absolute atomic E-state index is 13.2. The van der Waals surface area contributed by atoms with E-state index in [2.05, 4.69) is 0 Å². The van der Waals surface area contributed by atoms with E-state index in [1.54, 1.807) is 0 Å². The molecule has 0 spiro atoms. The number of nitrogens with zero attached hydrogens (tertiary/aromatic N) is 2. The fraction of sp³-hybridized carbons (Fsp3) is 0.478. The van der Waals surface area contributed by atoms with Crippen LogP contribution in [0.5, 0.6) is 0 Å². The van der Waals surface area contributed by atoms with E-state index in [-0.39, 0.29) is 17.7 Å². The Morgan fingerprint density at radius 2 is 1.48 bits per heavy atom. The number of carbonyl (C=O) groups is 2. The third-order valence-corrected chi connectivity index (χ3v) is 6.00. The minimum absolute atomic E-state index is 0.0456. The zero-order valence-electron chi connectivity index (χ0n) is 15.9. The lowest BCUT2D eigenvalue weighted by atomic mass is 9.95. The molecule has 0 aromatic heterocycles. The van der Waals surface area contributed by atoms with E-state index in [1.807, 2.05) is 52.3 Å². The zero-order valence-corrected chi connectivity index (χ0v) is 15.9. The molecule has 1 unspecified atom stereocenters. The Labute approximate surface area is 161 Å². The number of hydrogen-bond donors (Lipinski definition) is 0. The van der Waals surface area contributed by atoms with Crippen molar-refractivity contribution in [1.82, 2.24) is 9.80 Å². The van der Waals surface area contributed by atoms with E-state index in [4.69, 9.17) is 0 Å². The van der Waals surface area contributed by atoms with Gasteiger partial charge in [-0.2, -0.15) is 0 Å². The van der Waals surface area contributed by atoms with Gasteiger partial charge in [-0.05, 0) is 42.5 Å². The summed E-state index contributed by atoms with van der Waals surface area (Å²) in [5.41, 5.74) is 0.746. The molecule has 0 N–H and O–H groups in total. The lowest BCUT2D eigenvalue weighted by Crippen LogP contribution is -2.47. The normalized spacial score (nSPS) is 21.1. The maximum atomic E-state index is 13.2. The summed E-state index contributed by atoms with van der Waals surface area (Å²) >= 11 is 0. The van der Waals surface area contributed by atoms with Gasteiger partial charge in [-0.25, -0.2) is 0 Å². The molecular weight excluding hydrogens is 336 g/mol. The van der Waals surface area contributed by atoms with E-state index in [0.717, 1.165) is 61.7 Å². The topological polar surface area (TPSA) is 40.6 Å². The van der Waals surface area contributed by atoms with Crippen LogP contribution in [0, 0.1) is 5.92 Å². The molecule has 2 aliphatic heterocycles. The predicted molar refractivity (Wildman–Crippen MR) is 108 cm³/mol. The number of amides is 2. The standard InChI is InChI=1S/C23H28N2O2/c26-22(24-14-5-1-2-6-15-24)19-11-8-16-25(17-19)23(27)21-13-7-10-18-9-3-4-12-20(18)21/h3-4,7,9-10,12-13,19H,1-2,5-6,8,11,14-17H2. The molecule has 0 aliphatic carbocycles. The van der Waals surface area contributed by atoms with Crippen LogP contribution in [0.4, 0.5) is 0 Å². The van der Waals surface area contributed by atoms with Crippen molar-refractivity contribution < 1.29 is 9.59 Å². The van der Waals surface area contributed by atoms with Crippen molar-refractivity contribution in [3.05, 3.63) is 48.0 Å². The largest absolute Gasteiger partial charge is 0.342 e. The summed E-state index contributed by atoms with van der Waals surface area (Å²) in [5.74, 6) is 0.267. The number of likely N-dealkylation sites (tertiary alicyclic amines) is 2. The Kier molecular flexibility index (Phi) is 5.42. The first-order valence-electron chi connectivity index (χ1n) is 10.3. The molecule has 0 radical (unpaired) electrons. The highest BCUT2D eigenvalue weighted by molar-refractivity contribution is 6.07. The summed E-state index contributed by atoms with van der Waals surface area (Å²) in [6, 6.07) is 13.9. The Hall–Kier alpha value is -2.36. The van der Waals surface area contributed by atoms with Gasteiger partial charge in [0.2, 0.25) is 5.91 Å². The van der Waals surface area contributed by atoms with Gasteiger partial charge in [0.25, 0.3) is 5.91 Å². The van der Waals surface area contributed by atoms with Crippen molar-refractivity contribution in [1.29, 1.82) is 0 Å². The molecule has 2 saturated heterocycles. The van der Waals surface area contributed by atoms with Crippen LogP contribution in [0.3, 0.4) is 0 Å². The summed E-state index contributed by atoms with van der Waals surface area (Å²) in [6.45, 7) is 3.06. The number of benzene rings is 2. The molecule has 4 nitrogen and oxygen atoms in total. The van der Waals surface area contributed by atoms with Crippen molar-refractivity contribution in [3.8, 4) is 0 Å². The molecule has 4 heteroatoms. The smallest absolute Gasteiger partial charge is 0.254 e. The molecule has 1 atom stereocenters. The van der Waals surface area contributed by atoms with Gasteiger partial charge >= 0.3 is 0 Å². The molecule has 2 aliphatic rings. The molecule has 0 saturated carbocycles. The Balaban J connectivity index is 1.50. The number of fused-ring (bicyclic) bond motifs is 1. The van der Waals surface area contributed by atoms with Crippen molar-refractivity contribution in [2.45, 2.75) is 38.5 Å². The molecule has 4 rings (SSSR count). The lowest BCUT2D eigenvalue weighted by molar-refractivity contribution is -0.136.